The molecule has 1 aromatic rings. The van der Waals surface area contributed by atoms with Crippen molar-refractivity contribution >= 4 is 15.9 Å². The number of rotatable bonds is 2. The van der Waals surface area contributed by atoms with E-state index in [0.717, 1.165) is 0 Å². The van der Waals surface area contributed by atoms with E-state index in [9.17, 15) is 4.39 Å². The summed E-state index contributed by atoms with van der Waals surface area (Å²) in [5.41, 5.74) is 6.10. The quantitative estimate of drug-likeness (QED) is 0.872. The number of halogens is 2. The van der Waals surface area contributed by atoms with Crippen LogP contribution < -0.4 is 5.73 Å². The van der Waals surface area contributed by atoms with Crippen molar-refractivity contribution < 1.29 is 4.39 Å². The molecule has 1 rings (SSSR count). The van der Waals surface area contributed by atoms with Gasteiger partial charge in [0.25, 0.3) is 0 Å². The number of aromatic nitrogens is 1. The molecule has 72 valence electrons. The first-order chi connectivity index (χ1) is 6.02. The standard InChI is InChI=1S/C9H12BrFN2/c1-5(2)8(12)9-7(11)3-6(10)4-13-9/h3-5,8H,12H2,1-2H3/t8-/m1/s1. The molecule has 1 heterocycles. The highest BCUT2D eigenvalue weighted by atomic mass is 79.9. The lowest BCUT2D eigenvalue weighted by Crippen LogP contribution is -2.19. The number of hydrogen-bond donors (Lipinski definition) is 1. The van der Waals surface area contributed by atoms with Gasteiger partial charge in [-0.25, -0.2) is 4.39 Å². The second-order valence-electron chi connectivity index (χ2n) is 3.29. The fraction of sp³-hybridized carbons (Fsp3) is 0.444. The van der Waals surface area contributed by atoms with Crippen LogP contribution in [-0.4, -0.2) is 4.98 Å². The van der Waals surface area contributed by atoms with Crippen LogP contribution in [0.1, 0.15) is 25.6 Å². The van der Waals surface area contributed by atoms with E-state index in [-0.39, 0.29) is 17.8 Å². The molecular formula is C9H12BrFN2. The SMILES string of the molecule is CC(C)[C@@H](N)c1ncc(Br)cc1F. The van der Waals surface area contributed by atoms with Gasteiger partial charge in [-0.05, 0) is 27.9 Å². The highest BCUT2D eigenvalue weighted by Crippen LogP contribution is 2.21. The summed E-state index contributed by atoms with van der Waals surface area (Å²) in [6.45, 7) is 3.88. The average molecular weight is 247 g/mol. The van der Waals surface area contributed by atoms with Crippen molar-refractivity contribution in [3.8, 4) is 0 Å². The lowest BCUT2D eigenvalue weighted by molar-refractivity contribution is 0.471. The number of nitrogens with zero attached hydrogens (tertiary/aromatic N) is 1. The molecule has 0 aliphatic rings. The van der Waals surface area contributed by atoms with Gasteiger partial charge in [-0.3, -0.25) is 4.98 Å². The predicted octanol–water partition coefficient (Wildman–Crippen LogP) is 2.64. The molecule has 0 amide bonds. The van der Waals surface area contributed by atoms with Crippen LogP contribution in [0.15, 0.2) is 16.7 Å². The molecule has 2 nitrogen and oxygen atoms in total. The maximum atomic E-state index is 13.3. The van der Waals surface area contributed by atoms with Crippen LogP contribution in [0.25, 0.3) is 0 Å². The van der Waals surface area contributed by atoms with E-state index in [0.29, 0.717) is 10.2 Å². The minimum absolute atomic E-state index is 0.183. The third-order valence-electron chi connectivity index (χ3n) is 1.87. The van der Waals surface area contributed by atoms with Gasteiger partial charge in [-0.15, -0.1) is 0 Å². The van der Waals surface area contributed by atoms with E-state index in [4.69, 9.17) is 5.73 Å². The Hall–Kier alpha value is -0.480. The zero-order valence-corrected chi connectivity index (χ0v) is 9.18. The van der Waals surface area contributed by atoms with Crippen molar-refractivity contribution in [1.82, 2.24) is 4.98 Å². The minimum Gasteiger partial charge on any atom is -0.322 e. The van der Waals surface area contributed by atoms with E-state index < -0.39 is 0 Å². The van der Waals surface area contributed by atoms with Gasteiger partial charge in [0, 0.05) is 10.7 Å². The molecule has 0 aliphatic heterocycles. The maximum Gasteiger partial charge on any atom is 0.147 e. The summed E-state index contributed by atoms with van der Waals surface area (Å²) in [7, 11) is 0. The van der Waals surface area contributed by atoms with Crippen molar-refractivity contribution in [2.75, 3.05) is 0 Å². The Morgan fingerprint density at radius 1 is 1.54 bits per heavy atom. The molecule has 13 heavy (non-hydrogen) atoms. The van der Waals surface area contributed by atoms with Crippen molar-refractivity contribution in [2.45, 2.75) is 19.9 Å². The van der Waals surface area contributed by atoms with Crippen LogP contribution in [0.2, 0.25) is 0 Å². The Bertz CT molecular complexity index is 302. The topological polar surface area (TPSA) is 38.9 Å². The van der Waals surface area contributed by atoms with Crippen LogP contribution >= 0.6 is 15.9 Å². The Balaban J connectivity index is 3.01. The Labute approximate surface area is 85.5 Å². The first-order valence-corrected chi connectivity index (χ1v) is 4.88. The smallest absolute Gasteiger partial charge is 0.147 e. The average Bonchev–Trinajstić information content (AvgIpc) is 2.03. The molecule has 0 bridgehead atoms. The molecule has 0 saturated heterocycles. The van der Waals surface area contributed by atoms with Crippen LogP contribution in [0.3, 0.4) is 0 Å². The lowest BCUT2D eigenvalue weighted by Gasteiger charge is -2.15. The summed E-state index contributed by atoms with van der Waals surface area (Å²) >= 11 is 3.14. The summed E-state index contributed by atoms with van der Waals surface area (Å²) in [6, 6.07) is 1.04. The molecule has 2 N–H and O–H groups in total. The number of hydrogen-bond acceptors (Lipinski definition) is 2. The highest BCUT2D eigenvalue weighted by molar-refractivity contribution is 9.10. The summed E-state index contributed by atoms with van der Waals surface area (Å²) in [4.78, 5) is 3.95. The second-order valence-corrected chi connectivity index (χ2v) is 4.21. The van der Waals surface area contributed by atoms with E-state index in [1.54, 1.807) is 6.20 Å². The molecule has 0 aromatic carbocycles. The number of nitrogens with two attached hydrogens (primary N) is 1. The van der Waals surface area contributed by atoms with Crippen LogP contribution in [0.4, 0.5) is 4.39 Å². The largest absolute Gasteiger partial charge is 0.322 e. The molecule has 0 saturated carbocycles. The van der Waals surface area contributed by atoms with Crippen molar-refractivity contribution in [1.29, 1.82) is 0 Å². The predicted molar refractivity (Wildman–Crippen MR) is 53.7 cm³/mol. The van der Waals surface area contributed by atoms with E-state index in [1.807, 2.05) is 13.8 Å². The maximum absolute atomic E-state index is 13.3. The lowest BCUT2D eigenvalue weighted by atomic mass is 10.0. The van der Waals surface area contributed by atoms with Crippen molar-refractivity contribution in [2.24, 2.45) is 11.7 Å². The first-order valence-electron chi connectivity index (χ1n) is 4.09. The fourth-order valence-electron chi connectivity index (χ4n) is 0.986. The molecule has 0 radical (unpaired) electrons. The van der Waals surface area contributed by atoms with Gasteiger partial charge in [-0.2, -0.15) is 0 Å². The van der Waals surface area contributed by atoms with Gasteiger partial charge in [0.15, 0.2) is 0 Å². The van der Waals surface area contributed by atoms with E-state index in [2.05, 4.69) is 20.9 Å². The van der Waals surface area contributed by atoms with E-state index >= 15 is 0 Å². The highest BCUT2D eigenvalue weighted by Gasteiger charge is 2.16. The van der Waals surface area contributed by atoms with Crippen LogP contribution in [-0.2, 0) is 0 Å². The summed E-state index contributed by atoms with van der Waals surface area (Å²) in [6.07, 6.45) is 1.56. The van der Waals surface area contributed by atoms with Gasteiger partial charge < -0.3 is 5.73 Å². The van der Waals surface area contributed by atoms with Gasteiger partial charge in [0.05, 0.1) is 11.7 Å². The molecule has 0 spiro atoms. The van der Waals surface area contributed by atoms with E-state index in [1.165, 1.54) is 6.07 Å². The summed E-state index contributed by atoms with van der Waals surface area (Å²) < 4.78 is 13.9. The van der Waals surface area contributed by atoms with Gasteiger partial charge in [0.1, 0.15) is 5.82 Å². The third kappa shape index (κ3) is 2.48. The Kier molecular flexibility index (Phi) is 3.39. The monoisotopic (exact) mass is 246 g/mol. The molecule has 4 heteroatoms. The van der Waals surface area contributed by atoms with Crippen molar-refractivity contribution in [3.63, 3.8) is 0 Å². The van der Waals surface area contributed by atoms with Crippen LogP contribution in [0, 0.1) is 11.7 Å². The summed E-state index contributed by atoms with van der Waals surface area (Å²) in [5, 5.41) is 0. The minimum atomic E-state index is -0.351. The molecule has 1 aromatic heterocycles. The molecule has 1 atom stereocenters. The third-order valence-corrected chi connectivity index (χ3v) is 2.30. The van der Waals surface area contributed by atoms with Gasteiger partial charge >= 0.3 is 0 Å². The van der Waals surface area contributed by atoms with Gasteiger partial charge in [0.2, 0.25) is 0 Å². The second kappa shape index (κ2) is 4.15. The zero-order valence-electron chi connectivity index (χ0n) is 7.59. The molecule has 0 unspecified atom stereocenters. The normalized spacial score (nSPS) is 13.4. The first kappa shape index (κ1) is 10.6. The zero-order chi connectivity index (χ0) is 10.0. The van der Waals surface area contributed by atoms with Crippen LogP contribution in [0.5, 0.6) is 0 Å². The fourth-order valence-corrected chi connectivity index (χ4v) is 1.29. The molecule has 0 aliphatic carbocycles. The molecule has 0 fully saturated rings. The number of pyridine rings is 1. The Morgan fingerprint density at radius 2 is 2.15 bits per heavy atom. The Morgan fingerprint density at radius 3 is 2.62 bits per heavy atom. The van der Waals surface area contributed by atoms with Crippen molar-refractivity contribution in [3.05, 3.63) is 28.2 Å². The summed E-state index contributed by atoms with van der Waals surface area (Å²) in [5.74, 6) is -0.168. The molecular weight excluding hydrogens is 235 g/mol. The van der Waals surface area contributed by atoms with Gasteiger partial charge in [-0.1, -0.05) is 13.8 Å².